The number of hydrogen-bond acceptors (Lipinski definition) is 5. The molecule has 2 rings (SSSR count). The topological polar surface area (TPSA) is 61.0 Å². The van der Waals surface area contributed by atoms with Crippen LogP contribution in [0.25, 0.3) is 0 Å². The van der Waals surface area contributed by atoms with Gasteiger partial charge in [0.25, 0.3) is 5.19 Å². The molecule has 102 valence electrons. The van der Waals surface area contributed by atoms with Gasteiger partial charge in [-0.2, -0.15) is 0 Å². The van der Waals surface area contributed by atoms with Gasteiger partial charge in [0.15, 0.2) is 0 Å². The molecule has 1 aromatic heterocycles. The summed E-state index contributed by atoms with van der Waals surface area (Å²) in [6.07, 6.45) is 0. The zero-order valence-corrected chi connectivity index (χ0v) is 12.5. The molecule has 1 heterocycles. The molecule has 0 fully saturated rings. The average Bonchev–Trinajstić information content (AvgIpc) is 2.78. The van der Waals surface area contributed by atoms with Crippen molar-refractivity contribution in [3.05, 3.63) is 34.3 Å². The van der Waals surface area contributed by atoms with Crippen LogP contribution in [0.15, 0.2) is 18.2 Å². The van der Waals surface area contributed by atoms with E-state index >= 15 is 0 Å². The molecular weight excluding hydrogens is 258 g/mol. The molecule has 4 nitrogen and oxygen atoms in total. The minimum Gasteiger partial charge on any atom is -0.430 e. The van der Waals surface area contributed by atoms with Crippen molar-refractivity contribution in [2.45, 2.75) is 39.7 Å². The highest BCUT2D eigenvalue weighted by atomic mass is 32.1. The molecule has 0 unspecified atom stereocenters. The van der Waals surface area contributed by atoms with E-state index in [-0.39, 0.29) is 5.41 Å². The second kappa shape index (κ2) is 5.27. The summed E-state index contributed by atoms with van der Waals surface area (Å²) in [5, 5.41) is 9.21. The lowest BCUT2D eigenvalue weighted by Gasteiger charge is -2.20. The smallest absolute Gasteiger partial charge is 0.299 e. The van der Waals surface area contributed by atoms with Crippen molar-refractivity contribution in [2.24, 2.45) is 5.73 Å². The minimum absolute atomic E-state index is 0.138. The van der Waals surface area contributed by atoms with Crippen molar-refractivity contribution in [1.29, 1.82) is 0 Å². The predicted molar refractivity (Wildman–Crippen MR) is 77.8 cm³/mol. The summed E-state index contributed by atoms with van der Waals surface area (Å²) in [6.45, 7) is 9.01. The van der Waals surface area contributed by atoms with Gasteiger partial charge in [0, 0.05) is 6.54 Å². The highest BCUT2D eigenvalue weighted by molar-refractivity contribution is 7.13. The number of ether oxygens (including phenoxy) is 1. The average molecular weight is 277 g/mol. The number of aryl methyl sites for hydroxylation is 1. The zero-order chi connectivity index (χ0) is 14.0. The molecule has 0 atom stereocenters. The van der Waals surface area contributed by atoms with Crippen molar-refractivity contribution >= 4 is 11.3 Å². The van der Waals surface area contributed by atoms with Crippen molar-refractivity contribution in [2.75, 3.05) is 0 Å². The van der Waals surface area contributed by atoms with E-state index in [1.165, 1.54) is 16.9 Å². The fourth-order valence-corrected chi connectivity index (χ4v) is 2.27. The first-order valence-electron chi connectivity index (χ1n) is 6.21. The molecule has 2 N–H and O–H groups in total. The molecule has 0 aliphatic heterocycles. The molecule has 2 aromatic rings. The van der Waals surface area contributed by atoms with Crippen LogP contribution in [0.4, 0.5) is 0 Å². The van der Waals surface area contributed by atoms with E-state index in [1.54, 1.807) is 0 Å². The lowest BCUT2D eigenvalue weighted by atomic mass is 9.86. The van der Waals surface area contributed by atoms with Gasteiger partial charge in [-0.3, -0.25) is 0 Å². The van der Waals surface area contributed by atoms with E-state index < -0.39 is 0 Å². The van der Waals surface area contributed by atoms with E-state index in [9.17, 15) is 0 Å². The Bertz CT molecular complexity index is 572. The number of nitrogens with zero attached hydrogens (tertiary/aromatic N) is 2. The van der Waals surface area contributed by atoms with Crippen molar-refractivity contribution in [1.82, 2.24) is 10.2 Å². The van der Waals surface area contributed by atoms with E-state index in [4.69, 9.17) is 10.5 Å². The second-order valence-corrected chi connectivity index (χ2v) is 6.52. The van der Waals surface area contributed by atoms with Gasteiger partial charge >= 0.3 is 0 Å². The van der Waals surface area contributed by atoms with Crippen LogP contribution in [0.1, 0.15) is 36.9 Å². The van der Waals surface area contributed by atoms with Crippen LogP contribution in [0.3, 0.4) is 0 Å². The van der Waals surface area contributed by atoms with Gasteiger partial charge in [0.2, 0.25) is 0 Å². The third-order valence-corrected chi connectivity index (χ3v) is 3.68. The Balaban J connectivity index is 2.22. The molecule has 5 heteroatoms. The molecule has 0 saturated heterocycles. The lowest BCUT2D eigenvalue weighted by molar-refractivity contribution is 0.468. The van der Waals surface area contributed by atoms with E-state index in [0.717, 1.165) is 16.3 Å². The summed E-state index contributed by atoms with van der Waals surface area (Å²) < 4.78 is 5.75. The SMILES string of the molecule is Cc1cc(C(C)(C)C)ccc1Oc1nnc(CN)s1. The maximum Gasteiger partial charge on any atom is 0.299 e. The summed E-state index contributed by atoms with van der Waals surface area (Å²) in [5.74, 6) is 0.813. The Hall–Kier alpha value is -1.46. The summed E-state index contributed by atoms with van der Waals surface area (Å²) in [7, 11) is 0. The van der Waals surface area contributed by atoms with E-state index in [2.05, 4.69) is 43.1 Å². The monoisotopic (exact) mass is 277 g/mol. The van der Waals surface area contributed by atoms with Gasteiger partial charge in [-0.25, -0.2) is 0 Å². The number of benzene rings is 1. The van der Waals surface area contributed by atoms with E-state index in [1.807, 2.05) is 13.0 Å². The molecule has 0 aliphatic rings. The highest BCUT2D eigenvalue weighted by Gasteiger charge is 2.15. The van der Waals surface area contributed by atoms with Gasteiger partial charge in [-0.05, 0) is 29.5 Å². The van der Waals surface area contributed by atoms with Gasteiger partial charge in [-0.15, -0.1) is 5.10 Å². The molecule has 19 heavy (non-hydrogen) atoms. The first-order chi connectivity index (χ1) is 8.90. The molecular formula is C14H19N3OS. The lowest BCUT2D eigenvalue weighted by Crippen LogP contribution is -2.11. The second-order valence-electron chi connectivity index (χ2n) is 5.50. The number of hydrogen-bond donors (Lipinski definition) is 1. The number of nitrogens with two attached hydrogens (primary N) is 1. The van der Waals surface area contributed by atoms with Crippen molar-refractivity contribution in [3.8, 4) is 10.9 Å². The third kappa shape index (κ3) is 3.30. The van der Waals surface area contributed by atoms with Gasteiger partial charge in [0.05, 0.1) is 0 Å². The number of aromatic nitrogens is 2. The Labute approximate surface area is 117 Å². The van der Waals surface area contributed by atoms with Gasteiger partial charge < -0.3 is 10.5 Å². The molecule has 1 aromatic carbocycles. The molecule has 0 radical (unpaired) electrons. The zero-order valence-electron chi connectivity index (χ0n) is 11.7. The summed E-state index contributed by atoms with van der Waals surface area (Å²) in [4.78, 5) is 0. The van der Waals surface area contributed by atoms with Gasteiger partial charge in [-0.1, -0.05) is 49.3 Å². The van der Waals surface area contributed by atoms with Crippen LogP contribution in [0.2, 0.25) is 0 Å². The summed E-state index contributed by atoms with van der Waals surface area (Å²) in [6, 6.07) is 6.23. The Morgan fingerprint density at radius 3 is 2.53 bits per heavy atom. The fraction of sp³-hybridized carbons (Fsp3) is 0.429. The molecule has 0 amide bonds. The van der Waals surface area contributed by atoms with Crippen LogP contribution < -0.4 is 10.5 Å². The minimum atomic E-state index is 0.138. The molecule has 0 bridgehead atoms. The van der Waals surface area contributed by atoms with Crippen LogP contribution in [-0.2, 0) is 12.0 Å². The predicted octanol–water partition coefficient (Wildman–Crippen LogP) is 3.40. The Morgan fingerprint density at radius 2 is 2.00 bits per heavy atom. The number of rotatable bonds is 3. The van der Waals surface area contributed by atoms with Crippen LogP contribution in [0.5, 0.6) is 10.9 Å². The standard InChI is InChI=1S/C14H19N3OS/c1-9-7-10(14(2,3)4)5-6-11(9)18-13-17-16-12(8-15)19-13/h5-7H,8,15H2,1-4H3. The first kappa shape index (κ1) is 14.0. The third-order valence-electron chi connectivity index (χ3n) is 2.86. The highest BCUT2D eigenvalue weighted by Crippen LogP contribution is 2.31. The molecule has 0 aliphatic carbocycles. The van der Waals surface area contributed by atoms with E-state index in [0.29, 0.717) is 11.7 Å². The van der Waals surface area contributed by atoms with Crippen LogP contribution in [-0.4, -0.2) is 10.2 Å². The Morgan fingerprint density at radius 1 is 1.26 bits per heavy atom. The maximum absolute atomic E-state index is 5.75. The van der Waals surface area contributed by atoms with Crippen LogP contribution >= 0.6 is 11.3 Å². The summed E-state index contributed by atoms with van der Waals surface area (Å²) >= 11 is 1.38. The summed E-state index contributed by atoms with van der Waals surface area (Å²) in [5.41, 5.74) is 8.03. The first-order valence-corrected chi connectivity index (χ1v) is 7.03. The fourth-order valence-electron chi connectivity index (χ4n) is 1.69. The maximum atomic E-state index is 5.75. The van der Waals surface area contributed by atoms with Crippen LogP contribution in [0, 0.1) is 6.92 Å². The molecule has 0 saturated carbocycles. The van der Waals surface area contributed by atoms with Gasteiger partial charge in [0.1, 0.15) is 10.8 Å². The molecule has 0 spiro atoms. The van der Waals surface area contributed by atoms with Crippen molar-refractivity contribution < 1.29 is 4.74 Å². The van der Waals surface area contributed by atoms with Crippen molar-refractivity contribution in [3.63, 3.8) is 0 Å². The largest absolute Gasteiger partial charge is 0.430 e. The normalized spacial score (nSPS) is 11.6. The Kier molecular flexibility index (Phi) is 3.87. The quantitative estimate of drug-likeness (QED) is 0.934.